The fourth-order valence-corrected chi connectivity index (χ4v) is 1.60. The molecular formula is C13H14N2. The molecule has 76 valence electrons. The normalized spacial score (nSPS) is 14.6. The number of rotatable bonds is 2. The fourth-order valence-electron chi connectivity index (χ4n) is 1.60. The predicted octanol–water partition coefficient (Wildman–Crippen LogP) is 3.02. The van der Waals surface area contributed by atoms with E-state index in [-0.39, 0.29) is 0 Å². The van der Waals surface area contributed by atoms with Gasteiger partial charge in [-0.1, -0.05) is 30.4 Å². The van der Waals surface area contributed by atoms with Gasteiger partial charge < -0.3 is 5.32 Å². The van der Waals surface area contributed by atoms with Crippen molar-refractivity contribution in [1.82, 2.24) is 4.98 Å². The highest BCUT2D eigenvalue weighted by Crippen LogP contribution is 2.24. The molecule has 0 saturated carbocycles. The van der Waals surface area contributed by atoms with E-state index in [1.165, 1.54) is 11.1 Å². The minimum atomic E-state index is 1.000. The molecule has 1 aliphatic rings. The third-order valence-electron chi connectivity index (χ3n) is 2.38. The first kappa shape index (κ1) is 9.71. The van der Waals surface area contributed by atoms with Crippen molar-refractivity contribution in [1.29, 1.82) is 0 Å². The molecule has 0 fully saturated rings. The molecular weight excluding hydrogens is 184 g/mol. The molecule has 15 heavy (non-hydrogen) atoms. The Morgan fingerprint density at radius 3 is 3.13 bits per heavy atom. The number of aromatic nitrogens is 1. The Kier molecular flexibility index (Phi) is 2.98. The van der Waals surface area contributed by atoms with Crippen molar-refractivity contribution in [3.63, 3.8) is 0 Å². The molecule has 0 radical (unpaired) electrons. The van der Waals surface area contributed by atoms with Crippen LogP contribution in [0.15, 0.2) is 48.8 Å². The zero-order chi connectivity index (χ0) is 10.5. The molecule has 0 saturated heterocycles. The van der Waals surface area contributed by atoms with Crippen LogP contribution >= 0.6 is 0 Å². The summed E-state index contributed by atoms with van der Waals surface area (Å²) in [5.74, 6) is 0. The van der Waals surface area contributed by atoms with Crippen LogP contribution in [0.3, 0.4) is 0 Å². The molecule has 1 aromatic rings. The summed E-state index contributed by atoms with van der Waals surface area (Å²) in [6.45, 7) is 0. The monoisotopic (exact) mass is 198 g/mol. The van der Waals surface area contributed by atoms with Crippen LogP contribution in [0.1, 0.15) is 12.0 Å². The highest BCUT2D eigenvalue weighted by Gasteiger charge is 2.03. The number of hydrogen-bond donors (Lipinski definition) is 1. The quantitative estimate of drug-likeness (QED) is 0.790. The average Bonchev–Trinajstić information content (AvgIpc) is 2.57. The van der Waals surface area contributed by atoms with Gasteiger partial charge in [-0.05, 0) is 18.1 Å². The minimum absolute atomic E-state index is 1.000. The van der Waals surface area contributed by atoms with Crippen LogP contribution in [0, 0.1) is 0 Å². The Balaban J connectivity index is 2.44. The molecule has 2 nitrogen and oxygen atoms in total. The Morgan fingerprint density at radius 1 is 1.33 bits per heavy atom. The van der Waals surface area contributed by atoms with Crippen LogP contribution in [0.4, 0.5) is 5.69 Å². The highest BCUT2D eigenvalue weighted by molar-refractivity contribution is 5.82. The molecule has 1 heterocycles. The summed E-state index contributed by atoms with van der Waals surface area (Å²) in [6, 6.07) is 2.03. The third kappa shape index (κ3) is 2.15. The van der Waals surface area contributed by atoms with E-state index in [9.17, 15) is 0 Å². The fraction of sp³-hybridized carbons (Fsp3) is 0.154. The van der Waals surface area contributed by atoms with Crippen LogP contribution in [-0.2, 0) is 0 Å². The summed E-state index contributed by atoms with van der Waals surface area (Å²) in [5.41, 5.74) is 3.47. The van der Waals surface area contributed by atoms with Crippen LogP contribution in [0.25, 0.3) is 5.57 Å². The molecule has 0 amide bonds. The molecule has 0 atom stereocenters. The molecule has 1 aromatic heterocycles. The van der Waals surface area contributed by atoms with Crippen LogP contribution in [0.2, 0.25) is 0 Å². The van der Waals surface area contributed by atoms with E-state index in [0.717, 1.165) is 12.1 Å². The smallest absolute Gasteiger partial charge is 0.0603 e. The number of hydrogen-bond acceptors (Lipinski definition) is 2. The van der Waals surface area contributed by atoms with Crippen LogP contribution < -0.4 is 5.32 Å². The van der Waals surface area contributed by atoms with Gasteiger partial charge >= 0.3 is 0 Å². The van der Waals surface area contributed by atoms with E-state index in [4.69, 9.17) is 0 Å². The standard InChI is InChI=1S/C13H14N2/c1-14-13-10-15-9-8-12(13)11-6-4-2-3-5-7-11/h2,4-10,14H,3H2,1H3. The third-order valence-corrected chi connectivity index (χ3v) is 2.38. The van der Waals surface area contributed by atoms with Crippen LogP contribution in [-0.4, -0.2) is 12.0 Å². The lowest BCUT2D eigenvalue weighted by atomic mass is 10.1. The van der Waals surface area contributed by atoms with Gasteiger partial charge in [0.25, 0.3) is 0 Å². The second kappa shape index (κ2) is 4.60. The number of anilines is 1. The zero-order valence-corrected chi connectivity index (χ0v) is 8.77. The summed E-state index contributed by atoms with van der Waals surface area (Å²) in [6.07, 6.45) is 15.3. The molecule has 0 unspecified atom stereocenters. The number of nitrogens with one attached hydrogen (secondary N) is 1. The van der Waals surface area contributed by atoms with Crippen molar-refractivity contribution in [3.05, 3.63) is 54.4 Å². The van der Waals surface area contributed by atoms with Gasteiger partial charge in [-0.3, -0.25) is 4.98 Å². The summed E-state index contributed by atoms with van der Waals surface area (Å²) >= 11 is 0. The Bertz CT molecular complexity index is 428. The largest absolute Gasteiger partial charge is 0.386 e. The predicted molar refractivity (Wildman–Crippen MR) is 64.7 cm³/mol. The van der Waals surface area contributed by atoms with Gasteiger partial charge in [0.05, 0.1) is 11.9 Å². The van der Waals surface area contributed by atoms with Crippen molar-refractivity contribution in [2.75, 3.05) is 12.4 Å². The van der Waals surface area contributed by atoms with E-state index >= 15 is 0 Å². The first-order valence-corrected chi connectivity index (χ1v) is 5.07. The molecule has 1 aliphatic carbocycles. The lowest BCUT2D eigenvalue weighted by Crippen LogP contribution is -1.94. The minimum Gasteiger partial charge on any atom is -0.386 e. The van der Waals surface area contributed by atoms with E-state index in [0.29, 0.717) is 0 Å². The molecule has 2 heteroatoms. The lowest BCUT2D eigenvalue weighted by Gasteiger charge is -2.08. The Hall–Kier alpha value is -1.83. The van der Waals surface area contributed by atoms with E-state index in [1.54, 1.807) is 0 Å². The summed E-state index contributed by atoms with van der Waals surface area (Å²) in [7, 11) is 1.91. The van der Waals surface area contributed by atoms with Crippen molar-refractivity contribution >= 4 is 11.3 Å². The second-order valence-corrected chi connectivity index (χ2v) is 3.36. The maximum absolute atomic E-state index is 4.10. The first-order valence-electron chi connectivity index (χ1n) is 5.07. The Morgan fingerprint density at radius 2 is 2.27 bits per heavy atom. The van der Waals surface area contributed by atoms with E-state index < -0.39 is 0 Å². The maximum atomic E-state index is 4.10. The average molecular weight is 198 g/mol. The van der Waals surface area contributed by atoms with Crippen molar-refractivity contribution in [3.8, 4) is 0 Å². The Labute approximate surface area is 90.0 Å². The molecule has 0 aliphatic heterocycles. The molecule has 1 N–H and O–H groups in total. The molecule has 0 bridgehead atoms. The number of allylic oxidation sites excluding steroid dienone is 6. The van der Waals surface area contributed by atoms with Crippen molar-refractivity contribution < 1.29 is 0 Å². The molecule has 0 aromatic carbocycles. The van der Waals surface area contributed by atoms with Gasteiger partial charge in [0, 0.05) is 18.8 Å². The topological polar surface area (TPSA) is 24.9 Å². The van der Waals surface area contributed by atoms with E-state index in [2.05, 4.69) is 40.7 Å². The lowest BCUT2D eigenvalue weighted by molar-refractivity contribution is 1.30. The van der Waals surface area contributed by atoms with Crippen LogP contribution in [0.5, 0.6) is 0 Å². The van der Waals surface area contributed by atoms with Gasteiger partial charge in [-0.15, -0.1) is 0 Å². The summed E-state index contributed by atoms with van der Waals surface area (Å²) in [4.78, 5) is 4.10. The SMILES string of the molecule is CNc1cnccc1C1=CC=CCC=C1. The highest BCUT2D eigenvalue weighted by atomic mass is 14.8. The van der Waals surface area contributed by atoms with Gasteiger partial charge in [-0.2, -0.15) is 0 Å². The van der Waals surface area contributed by atoms with Gasteiger partial charge in [0.1, 0.15) is 0 Å². The van der Waals surface area contributed by atoms with Crippen molar-refractivity contribution in [2.24, 2.45) is 0 Å². The van der Waals surface area contributed by atoms with Gasteiger partial charge in [-0.25, -0.2) is 0 Å². The zero-order valence-electron chi connectivity index (χ0n) is 8.77. The second-order valence-electron chi connectivity index (χ2n) is 3.36. The van der Waals surface area contributed by atoms with Gasteiger partial charge in [0.2, 0.25) is 0 Å². The molecule has 0 spiro atoms. The molecule has 2 rings (SSSR count). The number of nitrogens with zero attached hydrogens (tertiary/aromatic N) is 1. The van der Waals surface area contributed by atoms with Gasteiger partial charge in [0.15, 0.2) is 0 Å². The van der Waals surface area contributed by atoms with E-state index in [1.807, 2.05) is 25.5 Å². The maximum Gasteiger partial charge on any atom is 0.0603 e. The summed E-state index contributed by atoms with van der Waals surface area (Å²) < 4.78 is 0. The first-order chi connectivity index (χ1) is 7.42. The summed E-state index contributed by atoms with van der Waals surface area (Å²) in [5, 5.41) is 3.15. The van der Waals surface area contributed by atoms with Crippen molar-refractivity contribution in [2.45, 2.75) is 6.42 Å². The number of pyridine rings is 1.